The van der Waals surface area contributed by atoms with E-state index in [-0.39, 0.29) is 24.3 Å². The van der Waals surface area contributed by atoms with Gasteiger partial charge in [-0.3, -0.25) is 14.4 Å². The molecule has 0 bridgehead atoms. The molecular formula is C18H23FN4O. The second-order valence-electron chi connectivity index (χ2n) is 6.44. The Morgan fingerprint density at radius 1 is 1.46 bits per heavy atom. The highest BCUT2D eigenvalue weighted by Gasteiger charge is 2.34. The average Bonchev–Trinajstić information content (AvgIpc) is 3.31. The second-order valence-corrected chi connectivity index (χ2v) is 6.44. The van der Waals surface area contributed by atoms with Crippen molar-refractivity contribution in [1.29, 1.82) is 0 Å². The molecule has 1 heterocycles. The van der Waals surface area contributed by atoms with E-state index in [2.05, 4.69) is 15.3 Å². The maximum atomic E-state index is 14.1. The number of amides is 1. The van der Waals surface area contributed by atoms with Crippen LogP contribution in [0.15, 0.2) is 30.3 Å². The van der Waals surface area contributed by atoms with E-state index in [1.54, 1.807) is 23.9 Å². The zero-order chi connectivity index (χ0) is 17.3. The first-order chi connectivity index (χ1) is 11.5. The van der Waals surface area contributed by atoms with Crippen molar-refractivity contribution in [2.45, 2.75) is 38.8 Å². The lowest BCUT2D eigenvalue weighted by atomic mass is 10.1. The summed E-state index contributed by atoms with van der Waals surface area (Å²) < 4.78 is 15.7. The Bertz CT molecular complexity index is 738. The number of anilines is 1. The minimum absolute atomic E-state index is 0.104. The van der Waals surface area contributed by atoms with E-state index in [1.807, 2.05) is 26.0 Å². The molecule has 6 heteroatoms. The molecule has 1 atom stereocenters. The molecule has 1 fully saturated rings. The summed E-state index contributed by atoms with van der Waals surface area (Å²) in [5.74, 6) is 0.346. The zero-order valence-corrected chi connectivity index (χ0v) is 14.3. The zero-order valence-electron chi connectivity index (χ0n) is 14.3. The van der Waals surface area contributed by atoms with Crippen LogP contribution in [0, 0.1) is 12.7 Å². The first-order valence-corrected chi connectivity index (χ1v) is 8.26. The number of carbonyl (C=O) groups excluding carboxylic acids is 1. The van der Waals surface area contributed by atoms with Crippen LogP contribution in [0.3, 0.4) is 0 Å². The standard InChI is InChI=1S/C18H23FN4O/c1-12-10-17(22(3)21-12)20-18(24)11-23(14-8-9-14)13(2)15-6-4-5-7-16(15)19/h4-7,10,13-14H,8-9,11H2,1-3H3,(H,20,24)/t13-/m1/s1. The van der Waals surface area contributed by atoms with Crippen LogP contribution in [0.1, 0.15) is 37.1 Å². The van der Waals surface area contributed by atoms with Gasteiger partial charge in [0.15, 0.2) is 0 Å². The molecule has 1 aliphatic rings. The first kappa shape index (κ1) is 16.6. The molecule has 1 aromatic heterocycles. The third-order valence-electron chi connectivity index (χ3n) is 4.46. The third-order valence-corrected chi connectivity index (χ3v) is 4.46. The van der Waals surface area contributed by atoms with Crippen molar-refractivity contribution >= 4 is 11.7 Å². The Morgan fingerprint density at radius 2 is 2.17 bits per heavy atom. The Morgan fingerprint density at radius 3 is 2.75 bits per heavy atom. The van der Waals surface area contributed by atoms with E-state index < -0.39 is 0 Å². The minimum atomic E-state index is -0.224. The molecule has 1 aromatic carbocycles. The number of nitrogens with zero attached hydrogens (tertiary/aromatic N) is 3. The highest BCUT2D eigenvalue weighted by molar-refractivity contribution is 5.91. The molecule has 5 nitrogen and oxygen atoms in total. The van der Waals surface area contributed by atoms with Gasteiger partial charge in [0, 0.05) is 30.8 Å². The van der Waals surface area contributed by atoms with Gasteiger partial charge in [-0.25, -0.2) is 4.39 Å². The predicted octanol–water partition coefficient (Wildman–Crippen LogP) is 3.03. The Kier molecular flexibility index (Phi) is 4.66. The highest BCUT2D eigenvalue weighted by Crippen LogP contribution is 2.34. The van der Waals surface area contributed by atoms with Crippen LogP contribution in [-0.4, -0.2) is 33.2 Å². The summed E-state index contributed by atoms with van der Waals surface area (Å²) in [7, 11) is 1.79. The molecule has 128 valence electrons. The summed E-state index contributed by atoms with van der Waals surface area (Å²) in [5, 5.41) is 7.11. The lowest BCUT2D eigenvalue weighted by Gasteiger charge is -2.29. The molecular weight excluding hydrogens is 307 g/mol. The summed E-state index contributed by atoms with van der Waals surface area (Å²) in [6.45, 7) is 4.08. The lowest BCUT2D eigenvalue weighted by molar-refractivity contribution is -0.118. The van der Waals surface area contributed by atoms with Crippen LogP contribution >= 0.6 is 0 Å². The maximum absolute atomic E-state index is 14.1. The topological polar surface area (TPSA) is 50.2 Å². The number of rotatable bonds is 6. The molecule has 1 aliphatic carbocycles. The number of hydrogen-bond donors (Lipinski definition) is 1. The maximum Gasteiger partial charge on any atom is 0.239 e. The van der Waals surface area contributed by atoms with Crippen molar-refractivity contribution in [3.8, 4) is 0 Å². The molecule has 0 spiro atoms. The molecule has 1 N–H and O–H groups in total. The fourth-order valence-electron chi connectivity index (χ4n) is 3.06. The molecule has 3 rings (SSSR count). The number of hydrogen-bond acceptors (Lipinski definition) is 3. The van der Waals surface area contributed by atoms with Gasteiger partial charge in [0.2, 0.25) is 5.91 Å². The SMILES string of the molecule is Cc1cc(NC(=O)CN(C2CC2)[C@H](C)c2ccccc2F)n(C)n1. The number of aromatic nitrogens is 2. The molecule has 0 unspecified atom stereocenters. The van der Waals surface area contributed by atoms with Crippen molar-refractivity contribution < 1.29 is 9.18 Å². The molecule has 1 amide bonds. The normalized spacial score (nSPS) is 15.5. The number of nitrogens with one attached hydrogen (secondary N) is 1. The summed E-state index contributed by atoms with van der Waals surface area (Å²) in [5.41, 5.74) is 1.49. The van der Waals surface area contributed by atoms with Crippen molar-refractivity contribution in [2.24, 2.45) is 7.05 Å². The van der Waals surface area contributed by atoms with Gasteiger partial charge in [-0.05, 0) is 32.8 Å². The quantitative estimate of drug-likeness (QED) is 0.886. The van der Waals surface area contributed by atoms with Crippen LogP contribution < -0.4 is 5.32 Å². The average molecular weight is 330 g/mol. The summed E-state index contributed by atoms with van der Waals surface area (Å²) in [4.78, 5) is 14.5. The third kappa shape index (κ3) is 3.64. The Labute approximate surface area is 141 Å². The van der Waals surface area contributed by atoms with Crippen LogP contribution in [0.25, 0.3) is 0 Å². The van der Waals surface area contributed by atoms with Gasteiger partial charge < -0.3 is 5.32 Å². The minimum Gasteiger partial charge on any atom is -0.310 e. The van der Waals surface area contributed by atoms with Crippen LogP contribution in [-0.2, 0) is 11.8 Å². The first-order valence-electron chi connectivity index (χ1n) is 8.26. The monoisotopic (exact) mass is 330 g/mol. The largest absolute Gasteiger partial charge is 0.310 e. The molecule has 2 aromatic rings. The van der Waals surface area contributed by atoms with Gasteiger partial charge in [-0.1, -0.05) is 18.2 Å². The van der Waals surface area contributed by atoms with E-state index in [0.29, 0.717) is 17.4 Å². The smallest absolute Gasteiger partial charge is 0.239 e. The van der Waals surface area contributed by atoms with E-state index in [1.165, 1.54) is 6.07 Å². The summed E-state index contributed by atoms with van der Waals surface area (Å²) in [6.07, 6.45) is 2.10. The predicted molar refractivity (Wildman–Crippen MR) is 91.1 cm³/mol. The van der Waals surface area contributed by atoms with Gasteiger partial charge in [0.1, 0.15) is 11.6 Å². The van der Waals surface area contributed by atoms with E-state index in [4.69, 9.17) is 0 Å². The highest BCUT2D eigenvalue weighted by atomic mass is 19.1. The van der Waals surface area contributed by atoms with Gasteiger partial charge in [0.05, 0.1) is 12.2 Å². The van der Waals surface area contributed by atoms with Gasteiger partial charge in [-0.2, -0.15) is 5.10 Å². The molecule has 1 saturated carbocycles. The molecule has 0 radical (unpaired) electrons. The van der Waals surface area contributed by atoms with Crippen LogP contribution in [0.4, 0.5) is 10.2 Å². The van der Waals surface area contributed by atoms with Crippen molar-refractivity contribution in [1.82, 2.24) is 14.7 Å². The van der Waals surface area contributed by atoms with Crippen molar-refractivity contribution in [3.63, 3.8) is 0 Å². The number of halogens is 1. The summed E-state index contributed by atoms with van der Waals surface area (Å²) in [6, 6.07) is 8.81. The van der Waals surface area contributed by atoms with E-state index >= 15 is 0 Å². The molecule has 0 saturated heterocycles. The second kappa shape index (κ2) is 6.73. The summed E-state index contributed by atoms with van der Waals surface area (Å²) >= 11 is 0. The van der Waals surface area contributed by atoms with Gasteiger partial charge >= 0.3 is 0 Å². The van der Waals surface area contributed by atoms with Gasteiger partial charge in [-0.15, -0.1) is 0 Å². The van der Waals surface area contributed by atoms with Gasteiger partial charge in [0.25, 0.3) is 0 Å². The molecule has 0 aliphatic heterocycles. The number of benzene rings is 1. The van der Waals surface area contributed by atoms with Crippen LogP contribution in [0.2, 0.25) is 0 Å². The Hall–Kier alpha value is -2.21. The van der Waals surface area contributed by atoms with Crippen LogP contribution in [0.5, 0.6) is 0 Å². The van der Waals surface area contributed by atoms with Crippen molar-refractivity contribution in [3.05, 3.63) is 47.4 Å². The fourth-order valence-corrected chi connectivity index (χ4v) is 3.06. The number of aryl methyl sites for hydroxylation is 2. The van der Waals surface area contributed by atoms with E-state index in [9.17, 15) is 9.18 Å². The number of carbonyl (C=O) groups is 1. The van der Waals surface area contributed by atoms with E-state index in [0.717, 1.165) is 18.5 Å². The van der Waals surface area contributed by atoms with Crippen molar-refractivity contribution in [2.75, 3.05) is 11.9 Å². The Balaban J connectivity index is 1.71. The lowest BCUT2D eigenvalue weighted by Crippen LogP contribution is -2.37. The molecule has 24 heavy (non-hydrogen) atoms. The fraction of sp³-hybridized carbons (Fsp3) is 0.444.